The van der Waals surface area contributed by atoms with E-state index in [1.54, 1.807) is 23.4 Å². The highest BCUT2D eigenvalue weighted by Gasteiger charge is 2.34. The Morgan fingerprint density at radius 1 is 1.21 bits per heavy atom. The number of halogens is 3. The van der Waals surface area contributed by atoms with Gasteiger partial charge in [0.15, 0.2) is 5.82 Å². The number of alkyl halides is 3. The molecule has 1 N–H and O–H groups in total. The first-order chi connectivity index (χ1) is 13.9. The SMILES string of the molecule is O=C(NCC(F)(F)F)[C@H]1CCCN1c1ccnc(-c2ccc3ncccc3c2)n1.[HH]. The summed E-state index contributed by atoms with van der Waals surface area (Å²) in [6, 6.07) is 10.5. The fourth-order valence-corrected chi connectivity index (χ4v) is 3.48. The third-order valence-corrected chi connectivity index (χ3v) is 4.81. The number of aromatic nitrogens is 3. The molecule has 0 bridgehead atoms. The highest BCUT2D eigenvalue weighted by Crippen LogP contribution is 2.27. The lowest BCUT2D eigenvalue weighted by molar-refractivity contribution is -0.139. The van der Waals surface area contributed by atoms with Gasteiger partial charge in [0.05, 0.1) is 5.52 Å². The number of nitrogens with one attached hydrogen (secondary N) is 1. The maximum absolute atomic E-state index is 12.4. The van der Waals surface area contributed by atoms with Gasteiger partial charge in [-0.2, -0.15) is 13.2 Å². The summed E-state index contributed by atoms with van der Waals surface area (Å²) in [5, 5.41) is 2.92. The van der Waals surface area contributed by atoms with E-state index < -0.39 is 24.7 Å². The van der Waals surface area contributed by atoms with E-state index in [0.717, 1.165) is 16.5 Å². The number of fused-ring (bicyclic) bond motifs is 1. The van der Waals surface area contributed by atoms with E-state index in [2.05, 4.69) is 15.0 Å². The molecule has 1 aliphatic heterocycles. The second kappa shape index (κ2) is 7.65. The Bertz CT molecular complexity index is 1050. The number of anilines is 1. The lowest BCUT2D eigenvalue weighted by Gasteiger charge is -2.25. The first kappa shape index (κ1) is 19.1. The minimum atomic E-state index is -4.44. The van der Waals surface area contributed by atoms with Crippen LogP contribution in [0.4, 0.5) is 19.0 Å². The number of pyridine rings is 1. The second-order valence-corrected chi connectivity index (χ2v) is 6.83. The number of carbonyl (C=O) groups excluding carboxylic acids is 1. The topological polar surface area (TPSA) is 71.0 Å². The zero-order valence-corrected chi connectivity index (χ0v) is 15.4. The van der Waals surface area contributed by atoms with Crippen molar-refractivity contribution in [1.82, 2.24) is 20.3 Å². The van der Waals surface area contributed by atoms with Crippen molar-refractivity contribution in [1.29, 1.82) is 0 Å². The first-order valence-corrected chi connectivity index (χ1v) is 9.20. The largest absolute Gasteiger partial charge is 0.405 e. The molecule has 4 rings (SSSR count). The van der Waals surface area contributed by atoms with E-state index in [-0.39, 0.29) is 1.43 Å². The van der Waals surface area contributed by atoms with Gasteiger partial charge >= 0.3 is 6.18 Å². The average Bonchev–Trinajstić information content (AvgIpc) is 3.21. The molecular formula is C20H20F3N5O. The number of hydrogen-bond donors (Lipinski definition) is 1. The molecule has 1 aromatic carbocycles. The predicted octanol–water partition coefficient (Wildman–Crippen LogP) is 3.59. The lowest BCUT2D eigenvalue weighted by atomic mass is 10.1. The molecule has 0 radical (unpaired) electrons. The lowest BCUT2D eigenvalue weighted by Crippen LogP contribution is -2.46. The Balaban J connectivity index is 0.00000256. The number of benzene rings is 1. The van der Waals surface area contributed by atoms with Crippen LogP contribution in [0.25, 0.3) is 22.3 Å². The number of amides is 1. The van der Waals surface area contributed by atoms with Gasteiger partial charge in [0.1, 0.15) is 18.4 Å². The molecular weight excluding hydrogens is 383 g/mol. The molecule has 1 amide bonds. The van der Waals surface area contributed by atoms with Gasteiger partial charge in [0, 0.05) is 31.3 Å². The van der Waals surface area contributed by atoms with Crippen LogP contribution in [-0.4, -0.2) is 46.2 Å². The van der Waals surface area contributed by atoms with Crippen LogP contribution in [0, 0.1) is 0 Å². The molecule has 0 unspecified atom stereocenters. The zero-order valence-electron chi connectivity index (χ0n) is 15.4. The van der Waals surface area contributed by atoms with Crippen molar-refractivity contribution in [3.8, 4) is 11.4 Å². The average molecular weight is 403 g/mol. The van der Waals surface area contributed by atoms with Crippen molar-refractivity contribution in [3.05, 3.63) is 48.8 Å². The maximum atomic E-state index is 12.4. The summed E-state index contributed by atoms with van der Waals surface area (Å²) in [6.45, 7) is -0.793. The fourth-order valence-electron chi connectivity index (χ4n) is 3.48. The van der Waals surface area contributed by atoms with Crippen LogP contribution < -0.4 is 10.2 Å². The Labute approximate surface area is 166 Å². The molecule has 0 spiro atoms. The van der Waals surface area contributed by atoms with E-state index in [0.29, 0.717) is 31.0 Å². The van der Waals surface area contributed by atoms with E-state index in [9.17, 15) is 18.0 Å². The molecule has 9 heteroatoms. The zero-order chi connectivity index (χ0) is 20.4. The summed E-state index contributed by atoms with van der Waals surface area (Å²) in [4.78, 5) is 27.2. The summed E-state index contributed by atoms with van der Waals surface area (Å²) in [5.41, 5.74) is 1.65. The van der Waals surface area contributed by atoms with Gasteiger partial charge in [0.25, 0.3) is 0 Å². The van der Waals surface area contributed by atoms with Gasteiger partial charge in [-0.15, -0.1) is 0 Å². The van der Waals surface area contributed by atoms with Crippen molar-refractivity contribution < 1.29 is 19.4 Å². The van der Waals surface area contributed by atoms with Gasteiger partial charge in [-0.1, -0.05) is 6.07 Å². The molecule has 0 aliphatic carbocycles. The van der Waals surface area contributed by atoms with Crippen molar-refractivity contribution >= 4 is 22.6 Å². The molecule has 0 saturated carbocycles. The van der Waals surface area contributed by atoms with Crippen LogP contribution in [-0.2, 0) is 4.79 Å². The predicted molar refractivity (Wildman–Crippen MR) is 104 cm³/mol. The Hall–Kier alpha value is -3.23. The van der Waals surface area contributed by atoms with Gasteiger partial charge in [0.2, 0.25) is 5.91 Å². The molecule has 152 valence electrons. The van der Waals surface area contributed by atoms with Gasteiger partial charge < -0.3 is 10.2 Å². The monoisotopic (exact) mass is 403 g/mol. The molecule has 1 atom stereocenters. The van der Waals surface area contributed by atoms with Crippen LogP contribution in [0.2, 0.25) is 0 Å². The smallest absolute Gasteiger partial charge is 0.345 e. The molecule has 1 saturated heterocycles. The van der Waals surface area contributed by atoms with Crippen LogP contribution in [0.3, 0.4) is 0 Å². The fraction of sp³-hybridized carbons (Fsp3) is 0.300. The molecule has 29 heavy (non-hydrogen) atoms. The quantitative estimate of drug-likeness (QED) is 0.721. The number of nitrogens with zero attached hydrogens (tertiary/aromatic N) is 4. The van der Waals surface area contributed by atoms with Gasteiger partial charge in [-0.3, -0.25) is 9.78 Å². The van der Waals surface area contributed by atoms with E-state index >= 15 is 0 Å². The van der Waals surface area contributed by atoms with E-state index in [1.807, 2.05) is 35.6 Å². The Morgan fingerprint density at radius 3 is 2.90 bits per heavy atom. The van der Waals surface area contributed by atoms with Gasteiger partial charge in [-0.25, -0.2) is 9.97 Å². The number of hydrogen-bond acceptors (Lipinski definition) is 5. The first-order valence-electron chi connectivity index (χ1n) is 9.20. The molecule has 1 fully saturated rings. The molecule has 2 aromatic heterocycles. The van der Waals surface area contributed by atoms with Crippen LogP contribution in [0.5, 0.6) is 0 Å². The summed E-state index contributed by atoms with van der Waals surface area (Å²) < 4.78 is 37.3. The summed E-state index contributed by atoms with van der Waals surface area (Å²) in [5.74, 6) is 0.359. The van der Waals surface area contributed by atoms with E-state index in [4.69, 9.17) is 0 Å². The summed E-state index contributed by atoms with van der Waals surface area (Å²) >= 11 is 0. The third-order valence-electron chi connectivity index (χ3n) is 4.81. The molecule has 1 aliphatic rings. The highest BCUT2D eigenvalue weighted by molar-refractivity contribution is 5.86. The Kier molecular flexibility index (Phi) is 5.04. The minimum absolute atomic E-state index is 0. The van der Waals surface area contributed by atoms with Crippen LogP contribution >= 0.6 is 0 Å². The van der Waals surface area contributed by atoms with Crippen LogP contribution in [0.1, 0.15) is 14.3 Å². The van der Waals surface area contributed by atoms with Crippen molar-refractivity contribution in [2.45, 2.75) is 25.1 Å². The molecule has 3 heterocycles. The molecule has 6 nitrogen and oxygen atoms in total. The normalized spacial score (nSPS) is 16.9. The van der Waals surface area contributed by atoms with E-state index in [1.165, 1.54) is 0 Å². The highest BCUT2D eigenvalue weighted by atomic mass is 19.4. The summed E-state index contributed by atoms with van der Waals surface area (Å²) in [7, 11) is 0. The molecule has 3 aromatic rings. The second-order valence-electron chi connectivity index (χ2n) is 6.83. The van der Waals surface area contributed by atoms with Crippen LogP contribution in [0.15, 0.2) is 48.8 Å². The maximum Gasteiger partial charge on any atom is 0.405 e. The number of carbonyl (C=O) groups is 1. The van der Waals surface area contributed by atoms with Gasteiger partial charge in [-0.05, 0) is 43.2 Å². The third kappa shape index (κ3) is 4.28. The minimum Gasteiger partial charge on any atom is -0.345 e. The number of rotatable bonds is 4. The Morgan fingerprint density at radius 2 is 2.07 bits per heavy atom. The summed E-state index contributed by atoms with van der Waals surface area (Å²) in [6.07, 6.45) is 0.0481. The van der Waals surface area contributed by atoms with Crippen molar-refractivity contribution in [3.63, 3.8) is 0 Å². The van der Waals surface area contributed by atoms with Crippen molar-refractivity contribution in [2.75, 3.05) is 18.0 Å². The standard InChI is InChI=1S/C20H18F3N5O.H2/c21-20(22,23)12-26-19(29)16-4-2-10-28(16)17-7-9-25-18(27-17)14-5-6-15-13(11-14)3-1-8-24-15;/h1,3,5-9,11,16H,2,4,10,12H2,(H,26,29);1H/t16-;/m1./s1. The van der Waals surface area contributed by atoms with Crippen molar-refractivity contribution in [2.24, 2.45) is 0 Å².